The molecule has 1 heterocycles. The molecule has 1 rings (SSSR count). The highest BCUT2D eigenvalue weighted by atomic mass is 16.7. The molecule has 0 aromatic rings. The van der Waals surface area contributed by atoms with Gasteiger partial charge in [-0.25, -0.2) is 0 Å². The Hall–Kier alpha value is -2.89. The van der Waals surface area contributed by atoms with Crippen molar-refractivity contribution in [2.75, 3.05) is 13.2 Å². The van der Waals surface area contributed by atoms with Crippen LogP contribution in [0.15, 0.2) is 97.2 Å². The number of nitrogens with one attached hydrogen (secondary N) is 1. The largest absolute Gasteiger partial charge is 0.394 e. The quantitative estimate of drug-likeness (QED) is 0.0330. The third-order valence-corrected chi connectivity index (χ3v) is 8.62. The maximum atomic E-state index is 12.8. The summed E-state index contributed by atoms with van der Waals surface area (Å²) in [7, 11) is 0. The Balaban J connectivity index is 2.35. The first-order valence-corrected chi connectivity index (χ1v) is 20.0. The topological polar surface area (TPSA) is 149 Å². The minimum atomic E-state index is -1.58. The van der Waals surface area contributed by atoms with Crippen molar-refractivity contribution in [1.82, 2.24) is 5.32 Å². The van der Waals surface area contributed by atoms with Gasteiger partial charge in [0.15, 0.2) is 6.29 Å². The van der Waals surface area contributed by atoms with Gasteiger partial charge in [0.1, 0.15) is 24.4 Å². The second-order valence-electron chi connectivity index (χ2n) is 13.3. The fraction of sp³-hybridized carbons (Fsp3) is 0.614. The lowest BCUT2D eigenvalue weighted by Crippen LogP contribution is -2.60. The van der Waals surface area contributed by atoms with Crippen LogP contribution in [0.2, 0.25) is 0 Å². The zero-order chi connectivity index (χ0) is 38.8. The first-order valence-electron chi connectivity index (χ1n) is 20.0. The van der Waals surface area contributed by atoms with Gasteiger partial charge in [0.25, 0.3) is 0 Å². The molecule has 6 N–H and O–H groups in total. The van der Waals surface area contributed by atoms with E-state index in [9.17, 15) is 30.3 Å². The standard InChI is InChI=1S/C44H71NO8/c1-3-5-7-9-11-12-13-14-15-16-17-18-19-20-21-22-23-24-25-26-28-30-32-34-40(48)45-37(38(47)33-31-29-27-10-8-6-4-2)36-52-44-43(51)42(50)41(49)39(35-46)53-44/h5,7-8,10-12,14-15,17-18,20-21,23-24,31,33,37-39,41-44,46-47,49-51H,3-4,6,9,13,16,19,22,25-30,32,34-36H2,1-2H3,(H,45,48)/b7-5-,10-8+,12-11-,15-14-,18-17-,21-20-,24-23-,33-31+. The first-order chi connectivity index (χ1) is 25.8. The molecule has 1 saturated heterocycles. The van der Waals surface area contributed by atoms with Crippen molar-refractivity contribution in [3.63, 3.8) is 0 Å². The van der Waals surface area contributed by atoms with Crippen molar-refractivity contribution < 1.29 is 39.8 Å². The Kier molecular flexibility index (Phi) is 30.6. The number of hydrogen-bond donors (Lipinski definition) is 6. The fourth-order valence-electron chi connectivity index (χ4n) is 5.41. The molecule has 9 nitrogen and oxygen atoms in total. The van der Waals surface area contributed by atoms with Crippen LogP contribution in [0, 0.1) is 0 Å². The van der Waals surface area contributed by atoms with Crippen LogP contribution in [0.1, 0.15) is 117 Å². The van der Waals surface area contributed by atoms with Crippen molar-refractivity contribution in [1.29, 1.82) is 0 Å². The summed E-state index contributed by atoms with van der Waals surface area (Å²) < 4.78 is 11.1. The van der Waals surface area contributed by atoms with Gasteiger partial charge in [0.05, 0.1) is 25.4 Å². The first kappa shape index (κ1) is 48.1. The predicted molar refractivity (Wildman–Crippen MR) is 216 cm³/mol. The summed E-state index contributed by atoms with van der Waals surface area (Å²) in [5.74, 6) is -0.223. The fourth-order valence-corrected chi connectivity index (χ4v) is 5.41. The normalized spacial score (nSPS) is 22.7. The van der Waals surface area contributed by atoms with Gasteiger partial charge < -0.3 is 40.3 Å². The van der Waals surface area contributed by atoms with Crippen LogP contribution in [0.25, 0.3) is 0 Å². The van der Waals surface area contributed by atoms with Crippen LogP contribution < -0.4 is 5.32 Å². The summed E-state index contributed by atoms with van der Waals surface area (Å²) in [6, 6.07) is -0.838. The zero-order valence-electron chi connectivity index (χ0n) is 32.5. The number of aliphatic hydroxyl groups excluding tert-OH is 5. The van der Waals surface area contributed by atoms with Crippen molar-refractivity contribution in [3.8, 4) is 0 Å². The molecule has 1 amide bonds. The molecule has 0 radical (unpaired) electrons. The van der Waals surface area contributed by atoms with Gasteiger partial charge in [0.2, 0.25) is 5.91 Å². The Morgan fingerprint density at radius 3 is 1.77 bits per heavy atom. The lowest BCUT2D eigenvalue weighted by Gasteiger charge is -2.40. The van der Waals surface area contributed by atoms with Gasteiger partial charge in [-0.05, 0) is 77.0 Å². The van der Waals surface area contributed by atoms with Crippen LogP contribution in [0.3, 0.4) is 0 Å². The maximum Gasteiger partial charge on any atom is 0.220 e. The highest BCUT2D eigenvalue weighted by molar-refractivity contribution is 5.76. The second kappa shape index (κ2) is 33.7. The van der Waals surface area contributed by atoms with Crippen molar-refractivity contribution in [2.24, 2.45) is 0 Å². The molecule has 0 saturated carbocycles. The van der Waals surface area contributed by atoms with Gasteiger partial charge in [-0.1, -0.05) is 130 Å². The van der Waals surface area contributed by atoms with E-state index in [1.54, 1.807) is 6.08 Å². The van der Waals surface area contributed by atoms with Crippen LogP contribution in [0.5, 0.6) is 0 Å². The molecule has 0 spiro atoms. The highest BCUT2D eigenvalue weighted by Gasteiger charge is 2.44. The summed E-state index contributed by atoms with van der Waals surface area (Å²) in [6.45, 7) is 3.47. The third kappa shape index (κ3) is 24.9. The number of hydrogen-bond acceptors (Lipinski definition) is 8. The van der Waals surface area contributed by atoms with E-state index in [0.717, 1.165) is 89.9 Å². The van der Waals surface area contributed by atoms with Crippen molar-refractivity contribution in [2.45, 2.75) is 159 Å². The average Bonchev–Trinajstić information content (AvgIpc) is 3.16. The summed E-state index contributed by atoms with van der Waals surface area (Å²) in [4.78, 5) is 12.8. The van der Waals surface area contributed by atoms with E-state index in [2.05, 4.69) is 104 Å². The number of carbonyl (C=O) groups excluding carboxylic acids is 1. The smallest absolute Gasteiger partial charge is 0.220 e. The number of unbranched alkanes of at least 4 members (excludes halogenated alkanes) is 6. The molecule has 0 aromatic carbocycles. The van der Waals surface area contributed by atoms with Crippen molar-refractivity contribution >= 4 is 5.91 Å². The summed E-state index contributed by atoms with van der Waals surface area (Å²) >= 11 is 0. The van der Waals surface area contributed by atoms with E-state index in [1.165, 1.54) is 0 Å². The predicted octanol–water partition coefficient (Wildman–Crippen LogP) is 7.38. The molecule has 1 aliphatic heterocycles. The molecule has 300 valence electrons. The number of aliphatic hydroxyl groups is 5. The molecule has 9 heteroatoms. The van der Waals surface area contributed by atoms with Gasteiger partial charge in [-0.3, -0.25) is 4.79 Å². The molecule has 0 bridgehead atoms. The monoisotopic (exact) mass is 742 g/mol. The van der Waals surface area contributed by atoms with Crippen molar-refractivity contribution in [3.05, 3.63) is 97.2 Å². The van der Waals surface area contributed by atoms with E-state index < -0.39 is 49.5 Å². The Morgan fingerprint density at radius 2 is 1.19 bits per heavy atom. The molecule has 0 aliphatic carbocycles. The van der Waals surface area contributed by atoms with Crippen LogP contribution >= 0.6 is 0 Å². The Morgan fingerprint density at radius 1 is 0.660 bits per heavy atom. The maximum absolute atomic E-state index is 12.8. The SMILES string of the molecule is CC/C=C\C/C=C\C/C=C\C/C=C\C/C=C\C/C=C\CCCCCCC(=O)NC(COC1OC(CO)C(O)C(O)C1O)C(O)/C=C/CC/C=C/CCC. The van der Waals surface area contributed by atoms with Gasteiger partial charge in [0, 0.05) is 6.42 Å². The van der Waals surface area contributed by atoms with E-state index >= 15 is 0 Å². The lowest BCUT2D eigenvalue weighted by atomic mass is 9.99. The minimum Gasteiger partial charge on any atom is -0.394 e. The number of allylic oxidation sites excluding steroid dienone is 15. The number of rotatable bonds is 30. The minimum absolute atomic E-state index is 0.220. The molecule has 53 heavy (non-hydrogen) atoms. The van der Waals surface area contributed by atoms with E-state index in [-0.39, 0.29) is 12.5 Å². The zero-order valence-corrected chi connectivity index (χ0v) is 32.5. The van der Waals surface area contributed by atoms with E-state index in [4.69, 9.17) is 9.47 Å². The average molecular weight is 742 g/mol. The van der Waals surface area contributed by atoms with E-state index in [1.807, 2.05) is 6.08 Å². The van der Waals surface area contributed by atoms with E-state index in [0.29, 0.717) is 12.8 Å². The number of ether oxygens (including phenoxy) is 2. The Labute approximate surface area is 320 Å². The summed E-state index contributed by atoms with van der Waals surface area (Å²) in [6.07, 6.45) is 40.5. The molecule has 1 fully saturated rings. The molecule has 7 atom stereocenters. The highest BCUT2D eigenvalue weighted by Crippen LogP contribution is 2.22. The molecule has 1 aliphatic rings. The third-order valence-electron chi connectivity index (χ3n) is 8.62. The summed E-state index contributed by atoms with van der Waals surface area (Å²) in [5, 5.41) is 53.7. The van der Waals surface area contributed by atoms with Gasteiger partial charge in [-0.15, -0.1) is 0 Å². The van der Waals surface area contributed by atoms with Gasteiger partial charge >= 0.3 is 0 Å². The second-order valence-corrected chi connectivity index (χ2v) is 13.3. The van der Waals surface area contributed by atoms with Gasteiger partial charge in [-0.2, -0.15) is 0 Å². The number of carbonyl (C=O) groups is 1. The molecular formula is C44H71NO8. The molecular weight excluding hydrogens is 670 g/mol. The van der Waals surface area contributed by atoms with Crippen LogP contribution in [-0.4, -0.2) is 87.5 Å². The molecule has 7 unspecified atom stereocenters. The lowest BCUT2D eigenvalue weighted by molar-refractivity contribution is -0.302. The Bertz CT molecular complexity index is 1140. The van der Waals surface area contributed by atoms with Crippen LogP contribution in [-0.2, 0) is 14.3 Å². The summed E-state index contributed by atoms with van der Waals surface area (Å²) in [5.41, 5.74) is 0. The number of amides is 1. The van der Waals surface area contributed by atoms with Crippen LogP contribution in [0.4, 0.5) is 0 Å². The molecule has 0 aromatic heterocycles.